The van der Waals surface area contributed by atoms with Crippen LogP contribution in [0.25, 0.3) is 0 Å². The summed E-state index contributed by atoms with van der Waals surface area (Å²) in [5.74, 6) is 0. The lowest BCUT2D eigenvalue weighted by atomic mass is 10.1. The largest absolute Gasteiger partial charge is 0.416 e. The zero-order valence-electron chi connectivity index (χ0n) is 15.8. The lowest BCUT2D eigenvalue weighted by molar-refractivity contribution is -0.137. The van der Waals surface area contributed by atoms with E-state index in [1.165, 1.54) is 11.6 Å². The summed E-state index contributed by atoms with van der Waals surface area (Å²) in [7, 11) is 0. The third-order valence-electron chi connectivity index (χ3n) is 4.19. The zero-order chi connectivity index (χ0) is 20.4. The van der Waals surface area contributed by atoms with Gasteiger partial charge in [-0.1, -0.05) is 42.5 Å². The molecule has 0 aliphatic heterocycles. The van der Waals surface area contributed by atoms with Crippen molar-refractivity contribution in [3.8, 4) is 0 Å². The van der Waals surface area contributed by atoms with Gasteiger partial charge >= 0.3 is 12.2 Å². The number of urea groups is 1. The molecule has 2 aromatic rings. The van der Waals surface area contributed by atoms with Gasteiger partial charge in [0.2, 0.25) is 0 Å². The normalized spacial score (nSPS) is 12.4. The molecule has 2 N–H and O–H groups in total. The molecular weight excluding hydrogens is 369 g/mol. The van der Waals surface area contributed by atoms with E-state index in [2.05, 4.69) is 10.6 Å². The first-order valence-electron chi connectivity index (χ1n) is 9.19. The molecule has 4 nitrogen and oxygen atoms in total. The summed E-state index contributed by atoms with van der Waals surface area (Å²) in [5.41, 5.74) is 0.879. The van der Waals surface area contributed by atoms with Crippen LogP contribution in [0.3, 0.4) is 0 Å². The molecule has 0 heterocycles. The molecule has 1 atom stereocenters. The van der Waals surface area contributed by atoms with Gasteiger partial charge in [-0.15, -0.1) is 0 Å². The smallest absolute Gasteiger partial charge is 0.381 e. The number of halogens is 3. The molecule has 2 aromatic carbocycles. The van der Waals surface area contributed by atoms with Crippen LogP contribution in [0.1, 0.15) is 36.1 Å². The number of amides is 2. The highest BCUT2D eigenvalue weighted by Crippen LogP contribution is 2.30. The van der Waals surface area contributed by atoms with Crippen LogP contribution in [-0.2, 0) is 17.3 Å². The summed E-state index contributed by atoms with van der Waals surface area (Å²) >= 11 is 0. The monoisotopic (exact) mass is 394 g/mol. The van der Waals surface area contributed by atoms with Crippen LogP contribution < -0.4 is 10.6 Å². The molecule has 0 aromatic heterocycles. The van der Waals surface area contributed by atoms with Crippen LogP contribution in [0.5, 0.6) is 0 Å². The lowest BCUT2D eigenvalue weighted by Crippen LogP contribution is -2.37. The summed E-state index contributed by atoms with van der Waals surface area (Å²) in [6.07, 6.45) is -2.91. The van der Waals surface area contributed by atoms with E-state index < -0.39 is 23.8 Å². The Morgan fingerprint density at radius 1 is 1.07 bits per heavy atom. The second kappa shape index (κ2) is 10.7. The quantitative estimate of drug-likeness (QED) is 0.605. The first-order valence-corrected chi connectivity index (χ1v) is 9.19. The number of ether oxygens (including phenoxy) is 1. The van der Waals surface area contributed by atoms with Gasteiger partial charge < -0.3 is 15.4 Å². The number of rotatable bonds is 9. The molecule has 0 fully saturated rings. The molecule has 2 amide bonds. The van der Waals surface area contributed by atoms with E-state index in [1.807, 2.05) is 30.3 Å². The number of carbonyl (C=O) groups excluding carboxylic acids is 1. The predicted octanol–water partition coefficient (Wildman–Crippen LogP) is 4.72. The molecule has 0 saturated carbocycles. The third-order valence-corrected chi connectivity index (χ3v) is 4.19. The Labute approximate surface area is 163 Å². The van der Waals surface area contributed by atoms with E-state index in [4.69, 9.17) is 4.74 Å². The van der Waals surface area contributed by atoms with Crippen LogP contribution in [0.15, 0.2) is 54.6 Å². The number of hydrogen-bond donors (Lipinski definition) is 2. The highest BCUT2D eigenvalue weighted by Gasteiger charge is 2.30. The van der Waals surface area contributed by atoms with Gasteiger partial charge in [0.05, 0.1) is 18.2 Å². The van der Waals surface area contributed by atoms with Crippen molar-refractivity contribution >= 4 is 6.03 Å². The Bertz CT molecular complexity index is 736. The minimum Gasteiger partial charge on any atom is -0.381 e. The van der Waals surface area contributed by atoms with Crippen LogP contribution in [0, 0.1) is 0 Å². The van der Waals surface area contributed by atoms with E-state index in [1.54, 1.807) is 13.0 Å². The topological polar surface area (TPSA) is 50.4 Å². The maximum atomic E-state index is 12.8. The lowest BCUT2D eigenvalue weighted by Gasteiger charge is -2.16. The third kappa shape index (κ3) is 7.60. The van der Waals surface area contributed by atoms with Gasteiger partial charge in [-0.3, -0.25) is 0 Å². The van der Waals surface area contributed by atoms with Crippen molar-refractivity contribution in [2.45, 2.75) is 32.0 Å². The molecule has 0 spiro atoms. The number of carbonyl (C=O) groups is 1. The number of alkyl halides is 3. The molecule has 152 valence electrons. The Balaban J connectivity index is 1.62. The number of benzene rings is 2. The summed E-state index contributed by atoms with van der Waals surface area (Å²) < 4.78 is 43.9. The van der Waals surface area contributed by atoms with E-state index in [0.29, 0.717) is 31.7 Å². The molecule has 0 saturated heterocycles. The number of nitrogens with one attached hydrogen (secondary N) is 2. The Morgan fingerprint density at radius 2 is 1.82 bits per heavy atom. The van der Waals surface area contributed by atoms with Crippen molar-refractivity contribution in [3.63, 3.8) is 0 Å². The molecule has 0 aliphatic rings. The summed E-state index contributed by atoms with van der Waals surface area (Å²) in [6.45, 7) is 3.20. The van der Waals surface area contributed by atoms with Gasteiger partial charge in [0.25, 0.3) is 0 Å². The molecule has 0 radical (unpaired) electrons. The van der Waals surface area contributed by atoms with Crippen molar-refractivity contribution in [2.75, 3.05) is 19.8 Å². The fourth-order valence-electron chi connectivity index (χ4n) is 2.63. The maximum absolute atomic E-state index is 12.8. The second-order valence-electron chi connectivity index (χ2n) is 6.45. The van der Waals surface area contributed by atoms with Crippen molar-refractivity contribution in [3.05, 3.63) is 71.3 Å². The van der Waals surface area contributed by atoms with E-state index in [9.17, 15) is 18.0 Å². The highest BCUT2D eigenvalue weighted by molar-refractivity contribution is 5.74. The van der Waals surface area contributed by atoms with E-state index >= 15 is 0 Å². The SMILES string of the molecule is CC(NC(=O)NCCCOCCc1ccccc1)c1cccc(C(F)(F)F)c1. The van der Waals surface area contributed by atoms with Gasteiger partial charge in [-0.25, -0.2) is 4.79 Å². The maximum Gasteiger partial charge on any atom is 0.416 e. The predicted molar refractivity (Wildman–Crippen MR) is 102 cm³/mol. The van der Waals surface area contributed by atoms with Crippen LogP contribution in [0.2, 0.25) is 0 Å². The van der Waals surface area contributed by atoms with Gasteiger partial charge in [-0.2, -0.15) is 13.2 Å². The van der Waals surface area contributed by atoms with E-state index in [0.717, 1.165) is 18.6 Å². The van der Waals surface area contributed by atoms with Crippen LogP contribution >= 0.6 is 0 Å². The highest BCUT2D eigenvalue weighted by atomic mass is 19.4. The molecular formula is C21H25F3N2O2. The molecule has 2 rings (SSSR count). The number of hydrogen-bond acceptors (Lipinski definition) is 2. The molecule has 28 heavy (non-hydrogen) atoms. The average Bonchev–Trinajstić information content (AvgIpc) is 2.67. The molecule has 0 bridgehead atoms. The Kier molecular flexibility index (Phi) is 8.32. The van der Waals surface area contributed by atoms with Crippen LogP contribution in [-0.4, -0.2) is 25.8 Å². The first kappa shape index (κ1) is 21.8. The van der Waals surface area contributed by atoms with Gasteiger partial charge in [0.1, 0.15) is 0 Å². The zero-order valence-corrected chi connectivity index (χ0v) is 15.8. The van der Waals surface area contributed by atoms with Gasteiger partial charge in [-0.05, 0) is 43.0 Å². The Hall–Kier alpha value is -2.54. The van der Waals surface area contributed by atoms with E-state index in [-0.39, 0.29) is 0 Å². The Morgan fingerprint density at radius 3 is 2.54 bits per heavy atom. The first-order chi connectivity index (χ1) is 13.4. The van der Waals surface area contributed by atoms with Crippen LogP contribution in [0.4, 0.5) is 18.0 Å². The molecule has 1 unspecified atom stereocenters. The van der Waals surface area contributed by atoms with Gasteiger partial charge in [0.15, 0.2) is 0 Å². The average molecular weight is 394 g/mol. The minimum absolute atomic E-state index is 0.397. The fourth-order valence-corrected chi connectivity index (χ4v) is 2.63. The van der Waals surface area contributed by atoms with Crippen molar-refractivity contribution < 1.29 is 22.7 Å². The summed E-state index contributed by atoms with van der Waals surface area (Å²) in [5, 5.41) is 5.32. The van der Waals surface area contributed by atoms with Crippen molar-refractivity contribution in [1.82, 2.24) is 10.6 Å². The molecule has 0 aliphatic carbocycles. The fraction of sp³-hybridized carbons (Fsp3) is 0.381. The van der Waals surface area contributed by atoms with Crippen molar-refractivity contribution in [1.29, 1.82) is 0 Å². The minimum atomic E-state index is -4.40. The van der Waals surface area contributed by atoms with Crippen molar-refractivity contribution in [2.24, 2.45) is 0 Å². The summed E-state index contributed by atoms with van der Waals surface area (Å²) in [4.78, 5) is 11.9. The second-order valence-corrected chi connectivity index (χ2v) is 6.45. The van der Waals surface area contributed by atoms with Gasteiger partial charge in [0, 0.05) is 13.2 Å². The summed E-state index contributed by atoms with van der Waals surface area (Å²) in [6, 6.07) is 14.0. The standard InChI is InChI=1S/C21H25F3N2O2/c1-16(18-9-5-10-19(15-18)21(22,23)24)26-20(27)25-12-6-13-28-14-11-17-7-3-2-4-8-17/h2-5,7-10,15-16H,6,11-14H2,1H3,(H2,25,26,27). The molecule has 7 heteroatoms.